The minimum Gasteiger partial charge on any atom is -0.461 e. The van der Waals surface area contributed by atoms with Crippen molar-refractivity contribution in [3.63, 3.8) is 0 Å². The molecule has 0 aromatic carbocycles. The van der Waals surface area contributed by atoms with E-state index >= 15 is 0 Å². The number of nitrogens with one attached hydrogen (secondary N) is 1. The Balaban J connectivity index is 2.06. The van der Waals surface area contributed by atoms with Gasteiger partial charge in [0.2, 0.25) is 10.0 Å². The maximum Gasteiger partial charge on any atom is 0.360 e. The van der Waals surface area contributed by atoms with Gasteiger partial charge in [0.1, 0.15) is 4.90 Å². The third-order valence-corrected chi connectivity index (χ3v) is 4.23. The molecule has 2 rings (SSSR count). The fourth-order valence-corrected chi connectivity index (χ4v) is 2.95. The summed E-state index contributed by atoms with van der Waals surface area (Å²) in [6, 6.07) is 0. The van der Waals surface area contributed by atoms with Crippen molar-refractivity contribution in [3.05, 3.63) is 11.4 Å². The van der Waals surface area contributed by atoms with Crippen LogP contribution in [0, 0.1) is 12.8 Å². The maximum absolute atomic E-state index is 11.9. The molecule has 0 aliphatic carbocycles. The number of nitrogens with zero attached hydrogens (tertiary/aromatic N) is 1. The Labute approximate surface area is 116 Å². The molecule has 20 heavy (non-hydrogen) atoms. The van der Waals surface area contributed by atoms with E-state index in [1.807, 2.05) is 0 Å². The third-order valence-electron chi connectivity index (χ3n) is 3.16. The average molecular weight is 303 g/mol. The van der Waals surface area contributed by atoms with Crippen molar-refractivity contribution in [1.82, 2.24) is 10.2 Å². The summed E-state index contributed by atoms with van der Waals surface area (Å²) in [5.41, 5.74) is -0.0809. The zero-order valence-electron chi connectivity index (χ0n) is 11.1. The minimum atomic E-state index is -4.02. The molecule has 1 aromatic heterocycles. The number of aryl methyl sites for hydroxylation is 1. The summed E-state index contributed by atoms with van der Waals surface area (Å²) >= 11 is 0. The molecule has 1 fully saturated rings. The van der Waals surface area contributed by atoms with Crippen LogP contribution in [0.25, 0.3) is 0 Å². The predicted molar refractivity (Wildman–Crippen MR) is 68.5 cm³/mol. The molecular formula is C11H17N3O5S. The highest BCUT2D eigenvalue weighted by Crippen LogP contribution is 2.19. The molecule has 0 spiro atoms. The Hall–Kier alpha value is -1.45. The number of primary sulfonamides is 1. The number of sulfonamides is 1. The van der Waals surface area contributed by atoms with Gasteiger partial charge in [-0.05, 0) is 25.7 Å². The van der Waals surface area contributed by atoms with Gasteiger partial charge >= 0.3 is 5.97 Å². The molecule has 8 nitrogen and oxygen atoms in total. The summed E-state index contributed by atoms with van der Waals surface area (Å²) in [5.74, 6) is -0.560. The first kappa shape index (κ1) is 14.9. The SMILES string of the molecule is Cc1[nH]nc(C(=O)OCC2CCOCC2)c1S(N)(=O)=O. The van der Waals surface area contributed by atoms with Crippen molar-refractivity contribution < 1.29 is 22.7 Å². The molecule has 0 radical (unpaired) electrons. The van der Waals surface area contributed by atoms with E-state index < -0.39 is 16.0 Å². The lowest BCUT2D eigenvalue weighted by Crippen LogP contribution is -2.23. The first-order valence-electron chi connectivity index (χ1n) is 6.22. The van der Waals surface area contributed by atoms with Gasteiger partial charge in [0.15, 0.2) is 5.69 Å². The van der Waals surface area contributed by atoms with E-state index in [0.717, 1.165) is 12.8 Å². The monoisotopic (exact) mass is 303 g/mol. The number of aromatic amines is 1. The molecule has 1 aliphatic heterocycles. The molecule has 9 heteroatoms. The Morgan fingerprint density at radius 2 is 2.15 bits per heavy atom. The van der Waals surface area contributed by atoms with Crippen LogP contribution in [0.3, 0.4) is 0 Å². The summed E-state index contributed by atoms with van der Waals surface area (Å²) in [4.78, 5) is 11.6. The van der Waals surface area contributed by atoms with Crippen molar-refractivity contribution in [1.29, 1.82) is 0 Å². The van der Waals surface area contributed by atoms with Crippen LogP contribution in [-0.4, -0.2) is 44.4 Å². The van der Waals surface area contributed by atoms with Gasteiger partial charge in [-0.3, -0.25) is 5.10 Å². The van der Waals surface area contributed by atoms with E-state index in [4.69, 9.17) is 14.6 Å². The Morgan fingerprint density at radius 3 is 2.75 bits per heavy atom. The summed E-state index contributed by atoms with van der Waals surface area (Å²) in [6.07, 6.45) is 1.63. The quantitative estimate of drug-likeness (QED) is 0.751. The molecule has 0 amide bonds. The lowest BCUT2D eigenvalue weighted by Gasteiger charge is -2.21. The number of aromatic nitrogens is 2. The lowest BCUT2D eigenvalue weighted by atomic mass is 10.0. The summed E-state index contributed by atoms with van der Waals surface area (Å²) in [5, 5.41) is 11.2. The van der Waals surface area contributed by atoms with E-state index in [-0.39, 0.29) is 28.8 Å². The molecule has 1 saturated heterocycles. The summed E-state index contributed by atoms with van der Waals surface area (Å²) < 4.78 is 33.2. The molecule has 112 valence electrons. The first-order valence-corrected chi connectivity index (χ1v) is 7.77. The zero-order chi connectivity index (χ0) is 14.8. The van der Waals surface area contributed by atoms with Crippen LogP contribution in [0.5, 0.6) is 0 Å². The topological polar surface area (TPSA) is 124 Å². The second-order valence-corrected chi connectivity index (χ2v) is 6.22. The third kappa shape index (κ3) is 3.35. The van der Waals surface area contributed by atoms with Gasteiger partial charge in [-0.25, -0.2) is 18.4 Å². The smallest absolute Gasteiger partial charge is 0.360 e. The van der Waals surface area contributed by atoms with Crippen LogP contribution < -0.4 is 5.14 Å². The number of hydrogen-bond acceptors (Lipinski definition) is 6. The second-order valence-electron chi connectivity index (χ2n) is 4.73. The largest absolute Gasteiger partial charge is 0.461 e. The van der Waals surface area contributed by atoms with Gasteiger partial charge < -0.3 is 9.47 Å². The predicted octanol–water partition coefficient (Wildman–Crippen LogP) is -0.0511. The van der Waals surface area contributed by atoms with Gasteiger partial charge in [-0.2, -0.15) is 5.10 Å². The molecule has 0 atom stereocenters. The minimum absolute atomic E-state index is 0.213. The Bertz CT molecular complexity index is 589. The molecule has 2 heterocycles. The lowest BCUT2D eigenvalue weighted by molar-refractivity contribution is 0.0178. The number of H-pyrrole nitrogens is 1. The number of ether oxygens (including phenoxy) is 2. The van der Waals surface area contributed by atoms with Gasteiger partial charge in [0.25, 0.3) is 0 Å². The molecule has 1 aliphatic rings. The van der Waals surface area contributed by atoms with Crippen LogP contribution in [0.2, 0.25) is 0 Å². The normalized spacial score (nSPS) is 17.1. The van der Waals surface area contributed by atoms with Crippen molar-refractivity contribution in [2.75, 3.05) is 19.8 Å². The molecule has 0 saturated carbocycles. The fraction of sp³-hybridized carbons (Fsp3) is 0.636. The summed E-state index contributed by atoms with van der Waals surface area (Å²) in [7, 11) is -4.02. The van der Waals surface area contributed by atoms with E-state index in [0.29, 0.717) is 13.2 Å². The number of esters is 1. The molecular weight excluding hydrogens is 286 g/mol. The molecule has 0 unspecified atom stereocenters. The fourth-order valence-electron chi connectivity index (χ4n) is 2.08. The number of carbonyl (C=O) groups is 1. The number of hydrogen-bond donors (Lipinski definition) is 2. The van der Waals surface area contributed by atoms with E-state index in [1.54, 1.807) is 0 Å². The number of carbonyl (C=O) groups excluding carboxylic acids is 1. The number of nitrogens with two attached hydrogens (primary N) is 1. The maximum atomic E-state index is 11.9. The van der Waals surface area contributed by atoms with Crippen LogP contribution in [0.15, 0.2) is 4.90 Å². The first-order chi connectivity index (χ1) is 9.39. The second kappa shape index (κ2) is 5.90. The van der Waals surface area contributed by atoms with E-state index in [1.165, 1.54) is 6.92 Å². The molecule has 3 N–H and O–H groups in total. The van der Waals surface area contributed by atoms with Crippen LogP contribution in [0.4, 0.5) is 0 Å². The molecule has 0 bridgehead atoms. The highest BCUT2D eigenvalue weighted by Gasteiger charge is 2.27. The highest BCUT2D eigenvalue weighted by molar-refractivity contribution is 7.89. The molecule has 1 aromatic rings. The zero-order valence-corrected chi connectivity index (χ0v) is 11.9. The average Bonchev–Trinajstić information content (AvgIpc) is 2.79. The van der Waals surface area contributed by atoms with Crippen molar-refractivity contribution in [2.45, 2.75) is 24.7 Å². The van der Waals surface area contributed by atoms with Crippen molar-refractivity contribution >= 4 is 16.0 Å². The summed E-state index contributed by atoms with van der Waals surface area (Å²) in [6.45, 7) is 2.98. The van der Waals surface area contributed by atoms with Gasteiger partial charge in [0.05, 0.1) is 12.3 Å². The Morgan fingerprint density at radius 1 is 1.50 bits per heavy atom. The standard InChI is InChI=1S/C11H17N3O5S/c1-7-10(20(12,16)17)9(14-13-7)11(15)19-6-8-2-4-18-5-3-8/h8H,2-6H2,1H3,(H,13,14)(H2,12,16,17). The van der Waals surface area contributed by atoms with Gasteiger partial charge in [-0.1, -0.05) is 0 Å². The van der Waals surface area contributed by atoms with Gasteiger partial charge in [-0.15, -0.1) is 0 Å². The van der Waals surface area contributed by atoms with E-state index in [2.05, 4.69) is 10.2 Å². The highest BCUT2D eigenvalue weighted by atomic mass is 32.2. The van der Waals surface area contributed by atoms with E-state index in [9.17, 15) is 13.2 Å². The van der Waals surface area contributed by atoms with Crippen molar-refractivity contribution in [3.8, 4) is 0 Å². The van der Waals surface area contributed by atoms with Crippen LogP contribution in [0.1, 0.15) is 29.0 Å². The van der Waals surface area contributed by atoms with Crippen molar-refractivity contribution in [2.24, 2.45) is 11.1 Å². The Kier molecular flexibility index (Phi) is 4.41. The van der Waals surface area contributed by atoms with Crippen LogP contribution in [-0.2, 0) is 19.5 Å². The van der Waals surface area contributed by atoms with Crippen LogP contribution >= 0.6 is 0 Å². The number of rotatable bonds is 4. The van der Waals surface area contributed by atoms with Gasteiger partial charge in [0, 0.05) is 13.2 Å².